The summed E-state index contributed by atoms with van der Waals surface area (Å²) >= 11 is 0. The number of hydrogen-bond acceptors (Lipinski definition) is 4. The topological polar surface area (TPSA) is 87.5 Å². The zero-order valence-corrected chi connectivity index (χ0v) is 18.2. The van der Waals surface area contributed by atoms with Gasteiger partial charge in [-0.25, -0.2) is 0 Å². The van der Waals surface area contributed by atoms with Crippen LogP contribution in [0.5, 0.6) is 0 Å². The SMILES string of the molecule is O=C(NCC1CC1)C1CCCN1C(=O)c1cc2n(n1)CCCN(Cc1ccccc1)C2=O. The van der Waals surface area contributed by atoms with Gasteiger partial charge in [-0.2, -0.15) is 5.10 Å². The van der Waals surface area contributed by atoms with Crippen LogP contribution >= 0.6 is 0 Å². The number of aromatic nitrogens is 2. The Kier molecular flexibility index (Phi) is 5.68. The van der Waals surface area contributed by atoms with Crippen LogP contribution in [0.2, 0.25) is 0 Å². The van der Waals surface area contributed by atoms with E-state index in [9.17, 15) is 14.4 Å². The van der Waals surface area contributed by atoms with Gasteiger partial charge < -0.3 is 15.1 Å². The summed E-state index contributed by atoms with van der Waals surface area (Å²) in [6.07, 6.45) is 4.58. The van der Waals surface area contributed by atoms with E-state index < -0.39 is 6.04 Å². The van der Waals surface area contributed by atoms with Crippen molar-refractivity contribution < 1.29 is 14.4 Å². The van der Waals surface area contributed by atoms with Crippen LogP contribution in [0, 0.1) is 5.92 Å². The largest absolute Gasteiger partial charge is 0.354 e. The molecule has 2 aliphatic heterocycles. The molecule has 0 bridgehead atoms. The van der Waals surface area contributed by atoms with Gasteiger partial charge in [0.25, 0.3) is 11.8 Å². The van der Waals surface area contributed by atoms with Gasteiger partial charge in [0.05, 0.1) is 0 Å². The molecule has 0 spiro atoms. The van der Waals surface area contributed by atoms with Crippen LogP contribution in [0.1, 0.15) is 58.6 Å². The molecule has 1 saturated carbocycles. The van der Waals surface area contributed by atoms with Crippen molar-refractivity contribution in [2.75, 3.05) is 19.6 Å². The highest BCUT2D eigenvalue weighted by Crippen LogP contribution is 2.28. The highest BCUT2D eigenvalue weighted by molar-refractivity contribution is 6.00. The molecular weight excluding hydrogens is 406 g/mol. The van der Waals surface area contributed by atoms with Crippen LogP contribution in [0.4, 0.5) is 0 Å². The van der Waals surface area contributed by atoms with Crippen molar-refractivity contribution in [1.82, 2.24) is 24.9 Å². The minimum Gasteiger partial charge on any atom is -0.354 e. The molecule has 2 aromatic rings. The van der Waals surface area contributed by atoms with E-state index in [0.717, 1.165) is 18.4 Å². The molecule has 1 N–H and O–H groups in total. The number of benzene rings is 1. The number of amides is 3. The Hall–Kier alpha value is -3.16. The van der Waals surface area contributed by atoms with Crippen molar-refractivity contribution in [3.05, 3.63) is 53.3 Å². The number of nitrogens with one attached hydrogen (secondary N) is 1. The number of aryl methyl sites for hydroxylation is 1. The average molecular weight is 436 g/mol. The summed E-state index contributed by atoms with van der Waals surface area (Å²) in [4.78, 5) is 42.5. The number of carbonyl (C=O) groups excluding carboxylic acids is 3. The van der Waals surface area contributed by atoms with Gasteiger partial charge in [0.1, 0.15) is 11.7 Å². The highest BCUT2D eigenvalue weighted by atomic mass is 16.2. The van der Waals surface area contributed by atoms with Gasteiger partial charge in [0.15, 0.2) is 5.69 Å². The first-order chi connectivity index (χ1) is 15.6. The molecule has 1 aromatic heterocycles. The van der Waals surface area contributed by atoms with E-state index in [1.54, 1.807) is 15.6 Å². The minimum atomic E-state index is -0.451. The first kappa shape index (κ1) is 20.7. The lowest BCUT2D eigenvalue weighted by molar-refractivity contribution is -0.124. The van der Waals surface area contributed by atoms with Crippen molar-refractivity contribution in [2.45, 2.75) is 51.2 Å². The van der Waals surface area contributed by atoms with E-state index in [1.807, 2.05) is 35.2 Å². The lowest BCUT2D eigenvalue weighted by Gasteiger charge is -2.23. The number of rotatable bonds is 6. The molecule has 2 fully saturated rings. The second-order valence-corrected chi connectivity index (χ2v) is 9.05. The van der Waals surface area contributed by atoms with Crippen LogP contribution in [0.15, 0.2) is 36.4 Å². The van der Waals surface area contributed by atoms with Gasteiger partial charge >= 0.3 is 0 Å². The van der Waals surface area contributed by atoms with Gasteiger partial charge in [-0.1, -0.05) is 30.3 Å². The van der Waals surface area contributed by atoms with Gasteiger partial charge in [-0.15, -0.1) is 0 Å². The van der Waals surface area contributed by atoms with E-state index >= 15 is 0 Å². The predicted molar refractivity (Wildman–Crippen MR) is 118 cm³/mol. The molecule has 1 atom stereocenters. The molecule has 32 heavy (non-hydrogen) atoms. The minimum absolute atomic E-state index is 0.0753. The first-order valence-electron chi connectivity index (χ1n) is 11.6. The van der Waals surface area contributed by atoms with Crippen molar-refractivity contribution in [3.63, 3.8) is 0 Å². The fraction of sp³-hybridized carbons (Fsp3) is 0.500. The number of likely N-dealkylation sites (tertiary alicyclic amines) is 1. The summed E-state index contributed by atoms with van der Waals surface area (Å²) in [5.74, 6) is 0.141. The van der Waals surface area contributed by atoms with E-state index in [4.69, 9.17) is 0 Å². The lowest BCUT2D eigenvalue weighted by atomic mass is 10.2. The maximum Gasteiger partial charge on any atom is 0.275 e. The van der Waals surface area contributed by atoms with Gasteiger partial charge in [-0.3, -0.25) is 19.1 Å². The van der Waals surface area contributed by atoms with Gasteiger partial charge in [-0.05, 0) is 43.6 Å². The second kappa shape index (κ2) is 8.76. The number of carbonyl (C=O) groups is 3. The molecule has 1 aromatic carbocycles. The summed E-state index contributed by atoms with van der Waals surface area (Å²) < 4.78 is 1.65. The Labute approximate surface area is 187 Å². The van der Waals surface area contributed by atoms with Gasteiger partial charge in [0.2, 0.25) is 5.91 Å². The van der Waals surface area contributed by atoms with Crippen LogP contribution in [0.3, 0.4) is 0 Å². The maximum absolute atomic E-state index is 13.2. The van der Waals surface area contributed by atoms with Crippen molar-refractivity contribution >= 4 is 17.7 Å². The molecule has 168 valence electrons. The van der Waals surface area contributed by atoms with Crippen LogP contribution in [0.25, 0.3) is 0 Å². The Morgan fingerprint density at radius 1 is 1.03 bits per heavy atom. The zero-order chi connectivity index (χ0) is 22.1. The van der Waals surface area contributed by atoms with Crippen molar-refractivity contribution in [1.29, 1.82) is 0 Å². The number of hydrogen-bond donors (Lipinski definition) is 1. The molecule has 3 heterocycles. The van der Waals surface area contributed by atoms with E-state index in [1.165, 1.54) is 12.8 Å². The van der Waals surface area contributed by atoms with Crippen LogP contribution in [-0.4, -0.2) is 63.0 Å². The molecule has 3 amide bonds. The van der Waals surface area contributed by atoms with Crippen molar-refractivity contribution in [3.8, 4) is 0 Å². The lowest BCUT2D eigenvalue weighted by Crippen LogP contribution is -2.46. The third-order valence-corrected chi connectivity index (χ3v) is 6.60. The Morgan fingerprint density at radius 2 is 1.84 bits per heavy atom. The summed E-state index contributed by atoms with van der Waals surface area (Å²) in [5, 5.41) is 7.47. The molecule has 0 radical (unpaired) electrons. The molecule has 3 aliphatic rings. The Morgan fingerprint density at radius 3 is 2.62 bits per heavy atom. The zero-order valence-electron chi connectivity index (χ0n) is 18.2. The van der Waals surface area contributed by atoms with Crippen LogP contribution < -0.4 is 5.32 Å². The number of fused-ring (bicyclic) bond motifs is 1. The fourth-order valence-corrected chi connectivity index (χ4v) is 4.61. The average Bonchev–Trinajstić information content (AvgIpc) is 3.37. The molecule has 1 unspecified atom stereocenters. The summed E-state index contributed by atoms with van der Waals surface area (Å²) in [6.45, 7) is 3.00. The molecule has 8 nitrogen and oxygen atoms in total. The third kappa shape index (κ3) is 4.26. The highest BCUT2D eigenvalue weighted by Gasteiger charge is 2.37. The number of nitrogens with zero attached hydrogens (tertiary/aromatic N) is 4. The van der Waals surface area contributed by atoms with E-state index in [2.05, 4.69) is 10.4 Å². The monoisotopic (exact) mass is 435 g/mol. The molecular formula is C24H29N5O3. The maximum atomic E-state index is 13.2. The van der Waals surface area contributed by atoms with E-state index in [-0.39, 0.29) is 23.4 Å². The Balaban J connectivity index is 1.30. The predicted octanol–water partition coefficient (Wildman–Crippen LogP) is 2.06. The van der Waals surface area contributed by atoms with E-state index in [0.29, 0.717) is 50.8 Å². The third-order valence-electron chi connectivity index (χ3n) is 6.60. The molecule has 8 heteroatoms. The molecule has 1 saturated heterocycles. The molecule has 1 aliphatic carbocycles. The second-order valence-electron chi connectivity index (χ2n) is 9.05. The smallest absolute Gasteiger partial charge is 0.275 e. The first-order valence-corrected chi connectivity index (χ1v) is 11.6. The van der Waals surface area contributed by atoms with Crippen molar-refractivity contribution in [2.24, 2.45) is 5.92 Å². The summed E-state index contributed by atoms with van der Waals surface area (Å²) in [5.41, 5.74) is 1.76. The van der Waals surface area contributed by atoms with Crippen LogP contribution in [-0.2, 0) is 17.9 Å². The standard InChI is InChI=1S/C24H29N5O3/c30-22(25-15-17-9-10-17)20-8-4-12-28(20)23(31)19-14-21-24(32)27(11-5-13-29(21)26-19)16-18-6-2-1-3-7-18/h1-3,6-7,14,17,20H,4-5,8-13,15-16H2,(H,25,30). The molecule has 5 rings (SSSR count). The Bertz CT molecular complexity index is 1010. The quantitative estimate of drug-likeness (QED) is 0.752. The van der Waals surface area contributed by atoms with Gasteiger partial charge in [0, 0.05) is 38.8 Å². The summed E-state index contributed by atoms with van der Waals surface area (Å²) in [7, 11) is 0. The summed E-state index contributed by atoms with van der Waals surface area (Å²) in [6, 6.07) is 11.0. The normalized spacial score (nSPS) is 20.8. The fourth-order valence-electron chi connectivity index (χ4n) is 4.61.